The van der Waals surface area contributed by atoms with Crippen LogP contribution in [-0.2, 0) is 16.6 Å². The van der Waals surface area contributed by atoms with Gasteiger partial charge in [-0.3, -0.25) is 4.21 Å². The molecule has 0 aliphatic carbocycles. The van der Waals surface area contributed by atoms with Crippen LogP contribution in [0.1, 0.15) is 16.1 Å². The van der Waals surface area contributed by atoms with Crippen molar-refractivity contribution in [1.29, 1.82) is 0 Å². The van der Waals surface area contributed by atoms with E-state index >= 15 is 0 Å². The van der Waals surface area contributed by atoms with Crippen molar-refractivity contribution < 1.29 is 23.3 Å². The molecule has 0 saturated heterocycles. The van der Waals surface area contributed by atoms with Crippen molar-refractivity contribution in [2.24, 2.45) is 0 Å². The monoisotopic (exact) mass is 280 g/mol. The summed E-state index contributed by atoms with van der Waals surface area (Å²) in [6, 6.07) is 8.24. The molecule has 0 radical (unpaired) electrons. The Morgan fingerprint density at radius 2 is 2.11 bits per heavy atom. The molecule has 5 nitrogen and oxygen atoms in total. The first-order valence-electron chi connectivity index (χ1n) is 5.44. The number of hydrogen-bond donors (Lipinski definition) is 1. The Morgan fingerprint density at radius 1 is 1.37 bits per heavy atom. The Labute approximate surface area is 112 Å². The standard InChI is InChI=1S/C13H12O5S/c1-17-10-4-2-3-5-12(10)19(16)8-11-9(13(14)15)6-7-18-11/h2-7H,8H2,1H3,(H,14,15)/t19-/m0/s1. The molecule has 1 atom stereocenters. The molecule has 0 bridgehead atoms. The second-order valence-electron chi connectivity index (χ2n) is 3.70. The summed E-state index contributed by atoms with van der Waals surface area (Å²) in [5.41, 5.74) is 0.0308. The second-order valence-corrected chi connectivity index (χ2v) is 5.12. The minimum Gasteiger partial charge on any atom is -0.495 e. The van der Waals surface area contributed by atoms with Crippen molar-refractivity contribution in [1.82, 2.24) is 0 Å². The summed E-state index contributed by atoms with van der Waals surface area (Å²) in [6.07, 6.45) is 1.28. The van der Waals surface area contributed by atoms with E-state index in [2.05, 4.69) is 0 Å². The van der Waals surface area contributed by atoms with Gasteiger partial charge in [-0.05, 0) is 18.2 Å². The predicted molar refractivity (Wildman–Crippen MR) is 68.8 cm³/mol. The number of rotatable bonds is 5. The van der Waals surface area contributed by atoms with Gasteiger partial charge in [0.05, 0.1) is 34.8 Å². The topological polar surface area (TPSA) is 76.7 Å². The fraction of sp³-hybridized carbons (Fsp3) is 0.154. The van der Waals surface area contributed by atoms with Crippen molar-refractivity contribution >= 4 is 16.8 Å². The smallest absolute Gasteiger partial charge is 0.339 e. The molecule has 100 valence electrons. The van der Waals surface area contributed by atoms with Crippen molar-refractivity contribution in [3.63, 3.8) is 0 Å². The van der Waals surface area contributed by atoms with E-state index in [0.29, 0.717) is 10.6 Å². The van der Waals surface area contributed by atoms with E-state index in [-0.39, 0.29) is 17.1 Å². The lowest BCUT2D eigenvalue weighted by atomic mass is 10.3. The zero-order chi connectivity index (χ0) is 13.8. The Balaban J connectivity index is 2.26. The van der Waals surface area contributed by atoms with Crippen LogP contribution in [0.15, 0.2) is 45.9 Å². The summed E-state index contributed by atoms with van der Waals surface area (Å²) < 4.78 is 22.4. The molecule has 0 unspecified atom stereocenters. The van der Waals surface area contributed by atoms with Crippen molar-refractivity contribution in [3.8, 4) is 5.75 Å². The summed E-state index contributed by atoms with van der Waals surface area (Å²) in [4.78, 5) is 11.5. The fourth-order valence-corrected chi connectivity index (χ4v) is 2.87. The number of carboxylic acid groups (broad SMARTS) is 1. The molecule has 1 N–H and O–H groups in total. The molecule has 1 heterocycles. The first kappa shape index (κ1) is 13.4. The highest BCUT2D eigenvalue weighted by atomic mass is 32.2. The van der Waals surface area contributed by atoms with E-state index in [4.69, 9.17) is 14.3 Å². The van der Waals surface area contributed by atoms with Crippen LogP contribution in [0.5, 0.6) is 5.75 Å². The number of carbonyl (C=O) groups is 1. The van der Waals surface area contributed by atoms with Gasteiger partial charge in [-0.2, -0.15) is 0 Å². The maximum absolute atomic E-state index is 12.2. The Hall–Kier alpha value is -2.08. The van der Waals surface area contributed by atoms with Gasteiger partial charge in [-0.15, -0.1) is 0 Å². The molecule has 19 heavy (non-hydrogen) atoms. The molecule has 0 aliphatic rings. The molecule has 0 saturated carbocycles. The second kappa shape index (κ2) is 5.71. The van der Waals surface area contributed by atoms with Gasteiger partial charge in [0.1, 0.15) is 17.1 Å². The number of hydrogen-bond acceptors (Lipinski definition) is 4. The van der Waals surface area contributed by atoms with Gasteiger partial charge < -0.3 is 14.3 Å². The number of furan rings is 1. The SMILES string of the molecule is COc1ccccc1[S@@](=O)Cc1occc1C(=O)O. The van der Waals surface area contributed by atoms with E-state index in [1.807, 2.05) is 0 Å². The summed E-state index contributed by atoms with van der Waals surface area (Å²) in [7, 11) is 0.0586. The Bertz CT molecular complexity index is 617. The molecular weight excluding hydrogens is 268 g/mol. The zero-order valence-electron chi connectivity index (χ0n) is 10.2. The average molecular weight is 280 g/mol. The first-order chi connectivity index (χ1) is 9.13. The highest BCUT2D eigenvalue weighted by molar-refractivity contribution is 7.84. The molecule has 6 heteroatoms. The summed E-state index contributed by atoms with van der Waals surface area (Å²) in [6.45, 7) is 0. The first-order valence-corrected chi connectivity index (χ1v) is 6.76. The lowest BCUT2D eigenvalue weighted by Gasteiger charge is -2.07. The number of aromatic carboxylic acids is 1. The number of methoxy groups -OCH3 is 1. The molecule has 1 aromatic carbocycles. The minimum atomic E-state index is -1.43. The van der Waals surface area contributed by atoms with E-state index in [1.54, 1.807) is 24.3 Å². The van der Waals surface area contributed by atoms with Crippen LogP contribution in [-0.4, -0.2) is 22.4 Å². The van der Waals surface area contributed by atoms with E-state index in [0.717, 1.165) is 0 Å². The van der Waals surface area contributed by atoms with Gasteiger partial charge in [0, 0.05) is 0 Å². The summed E-state index contributed by atoms with van der Waals surface area (Å²) in [5, 5.41) is 8.96. The lowest BCUT2D eigenvalue weighted by Crippen LogP contribution is -2.03. The van der Waals surface area contributed by atoms with Crippen LogP contribution >= 0.6 is 0 Å². The third-order valence-electron chi connectivity index (χ3n) is 2.55. The van der Waals surface area contributed by atoms with Gasteiger partial charge in [-0.1, -0.05) is 12.1 Å². The molecule has 0 spiro atoms. The quantitative estimate of drug-likeness (QED) is 0.909. The third kappa shape index (κ3) is 2.85. The predicted octanol–water partition coefficient (Wildman–Crippen LogP) is 2.29. The fourth-order valence-electron chi connectivity index (χ4n) is 1.65. The molecule has 1 aromatic heterocycles. The van der Waals surface area contributed by atoms with Crippen molar-refractivity contribution in [2.75, 3.05) is 7.11 Å². The summed E-state index contributed by atoms with van der Waals surface area (Å²) >= 11 is 0. The Kier molecular flexibility index (Phi) is 4.01. The van der Waals surface area contributed by atoms with E-state index < -0.39 is 16.8 Å². The largest absolute Gasteiger partial charge is 0.495 e. The maximum Gasteiger partial charge on any atom is 0.339 e. The molecule has 2 rings (SSSR count). The number of para-hydroxylation sites is 1. The van der Waals surface area contributed by atoms with Crippen molar-refractivity contribution in [2.45, 2.75) is 10.6 Å². The number of carboxylic acids is 1. The molecule has 0 amide bonds. The van der Waals surface area contributed by atoms with Crippen LogP contribution in [0.2, 0.25) is 0 Å². The van der Waals surface area contributed by atoms with Crippen LogP contribution in [0.3, 0.4) is 0 Å². The van der Waals surface area contributed by atoms with Gasteiger partial charge in [-0.25, -0.2) is 4.79 Å². The molecular formula is C13H12O5S. The molecule has 0 fully saturated rings. The van der Waals surface area contributed by atoms with Crippen LogP contribution in [0, 0.1) is 0 Å². The van der Waals surface area contributed by atoms with Crippen LogP contribution < -0.4 is 4.74 Å². The van der Waals surface area contributed by atoms with Gasteiger partial charge >= 0.3 is 5.97 Å². The van der Waals surface area contributed by atoms with E-state index in [1.165, 1.54) is 19.4 Å². The lowest BCUT2D eigenvalue weighted by molar-refractivity contribution is 0.0695. The Morgan fingerprint density at radius 3 is 2.79 bits per heavy atom. The summed E-state index contributed by atoms with van der Waals surface area (Å²) in [5.74, 6) is -0.406. The van der Waals surface area contributed by atoms with Crippen LogP contribution in [0.25, 0.3) is 0 Å². The molecule has 0 aliphatic heterocycles. The molecule has 2 aromatic rings. The normalized spacial score (nSPS) is 12.1. The number of ether oxygens (including phenoxy) is 1. The zero-order valence-corrected chi connectivity index (χ0v) is 11.0. The van der Waals surface area contributed by atoms with Crippen LogP contribution in [0.4, 0.5) is 0 Å². The third-order valence-corrected chi connectivity index (χ3v) is 3.90. The minimum absolute atomic E-state index is 0.00495. The number of benzene rings is 1. The van der Waals surface area contributed by atoms with Gasteiger partial charge in [0.2, 0.25) is 0 Å². The average Bonchev–Trinajstić information content (AvgIpc) is 2.87. The highest BCUT2D eigenvalue weighted by Crippen LogP contribution is 2.24. The van der Waals surface area contributed by atoms with Gasteiger partial charge in [0.15, 0.2) is 0 Å². The van der Waals surface area contributed by atoms with Gasteiger partial charge in [0.25, 0.3) is 0 Å². The maximum atomic E-state index is 12.2. The highest BCUT2D eigenvalue weighted by Gasteiger charge is 2.18. The van der Waals surface area contributed by atoms with E-state index in [9.17, 15) is 9.00 Å². The van der Waals surface area contributed by atoms with Crippen molar-refractivity contribution in [3.05, 3.63) is 47.9 Å².